The molecule has 5 nitrogen and oxygen atoms in total. The maximum Gasteiger partial charge on any atom is 0.411 e. The lowest BCUT2D eigenvalue weighted by molar-refractivity contribution is -0.175. The monoisotopic (exact) mass is 306 g/mol. The van der Waals surface area contributed by atoms with Crippen LogP contribution < -0.4 is 9.47 Å². The van der Waals surface area contributed by atoms with Gasteiger partial charge < -0.3 is 19.3 Å². The van der Waals surface area contributed by atoms with Crippen molar-refractivity contribution < 1.29 is 37.3 Å². The highest BCUT2D eigenvalue weighted by molar-refractivity contribution is 5.74. The van der Waals surface area contributed by atoms with Crippen LogP contribution in [0.25, 0.3) is 0 Å². The van der Waals surface area contributed by atoms with Crippen LogP contribution in [-0.2, 0) is 16.0 Å². The highest BCUT2D eigenvalue weighted by atomic mass is 19.4. The van der Waals surface area contributed by atoms with Gasteiger partial charge in [-0.2, -0.15) is 13.2 Å². The number of hydrogen-bond acceptors (Lipinski definition) is 4. The number of fused-ring (bicyclic) bond motifs is 1. The molecule has 116 valence electrons. The zero-order valence-corrected chi connectivity index (χ0v) is 10.9. The summed E-state index contributed by atoms with van der Waals surface area (Å²) in [5, 5.41) is 8.86. The Hall–Kier alpha value is -1.96. The molecule has 1 aliphatic heterocycles. The zero-order valence-electron chi connectivity index (χ0n) is 10.9. The summed E-state index contributed by atoms with van der Waals surface area (Å²) in [6.07, 6.45) is -4.99. The molecule has 1 atom stereocenters. The third kappa shape index (κ3) is 4.52. The fraction of sp³-hybridized carbons (Fsp3) is 0.462. The Morgan fingerprint density at radius 1 is 1.38 bits per heavy atom. The second-order valence-electron chi connectivity index (χ2n) is 4.43. The lowest BCUT2D eigenvalue weighted by Gasteiger charge is -2.10. The Morgan fingerprint density at radius 3 is 2.81 bits per heavy atom. The van der Waals surface area contributed by atoms with Crippen molar-refractivity contribution >= 4 is 5.97 Å². The summed E-state index contributed by atoms with van der Waals surface area (Å²) in [6.45, 7) is -1.56. The van der Waals surface area contributed by atoms with E-state index in [2.05, 4.69) is 4.74 Å². The van der Waals surface area contributed by atoms with Gasteiger partial charge in [-0.3, -0.25) is 0 Å². The van der Waals surface area contributed by atoms with Crippen molar-refractivity contribution in [2.45, 2.75) is 18.7 Å². The Kier molecular flexibility index (Phi) is 4.56. The quantitative estimate of drug-likeness (QED) is 0.815. The maximum absolute atomic E-state index is 11.8. The molecule has 21 heavy (non-hydrogen) atoms. The molecule has 1 aromatic carbocycles. The molecule has 0 saturated heterocycles. The molecule has 0 spiro atoms. The van der Waals surface area contributed by atoms with Crippen LogP contribution in [0.4, 0.5) is 13.2 Å². The van der Waals surface area contributed by atoms with Crippen LogP contribution in [0.2, 0.25) is 0 Å². The van der Waals surface area contributed by atoms with E-state index in [9.17, 15) is 18.0 Å². The number of carboxylic acid groups (broad SMARTS) is 1. The van der Waals surface area contributed by atoms with Gasteiger partial charge in [0.2, 0.25) is 0 Å². The topological polar surface area (TPSA) is 65.0 Å². The molecule has 2 rings (SSSR count). The normalized spacial score (nSPS) is 17.2. The van der Waals surface area contributed by atoms with Crippen LogP contribution in [-0.4, -0.2) is 43.2 Å². The van der Waals surface area contributed by atoms with Gasteiger partial charge in [-0.15, -0.1) is 0 Å². The third-order valence-electron chi connectivity index (χ3n) is 2.75. The van der Waals surface area contributed by atoms with Crippen LogP contribution in [0, 0.1) is 0 Å². The summed E-state index contributed by atoms with van der Waals surface area (Å²) in [7, 11) is 0. The molecule has 1 aromatic rings. The standard InChI is InChI=1S/C13H13F3O5/c14-13(15,16)7-19-3-4-20-9-2-1-8-5-11(12(17)18)21-10(8)6-9/h1-2,6,11H,3-5,7H2,(H,17,18). The van der Waals surface area contributed by atoms with E-state index in [0.29, 0.717) is 11.5 Å². The lowest BCUT2D eigenvalue weighted by Crippen LogP contribution is -2.24. The van der Waals surface area contributed by atoms with Gasteiger partial charge in [0.05, 0.1) is 6.61 Å². The Labute approximate surface area is 118 Å². The van der Waals surface area contributed by atoms with E-state index in [1.807, 2.05) is 0 Å². The predicted molar refractivity (Wildman–Crippen MR) is 64.6 cm³/mol. The number of aliphatic carboxylic acids is 1. The molecule has 0 bridgehead atoms. The van der Waals surface area contributed by atoms with Crippen molar-refractivity contribution in [2.75, 3.05) is 19.8 Å². The molecule has 0 fully saturated rings. The molecular formula is C13H13F3O5. The molecule has 0 radical (unpaired) electrons. The first-order valence-electron chi connectivity index (χ1n) is 6.15. The minimum atomic E-state index is -4.35. The number of ether oxygens (including phenoxy) is 3. The lowest BCUT2D eigenvalue weighted by atomic mass is 10.1. The van der Waals surface area contributed by atoms with E-state index in [1.165, 1.54) is 6.07 Å². The summed E-state index contributed by atoms with van der Waals surface area (Å²) in [5.74, 6) is -0.249. The van der Waals surface area contributed by atoms with E-state index in [4.69, 9.17) is 14.6 Å². The molecule has 8 heteroatoms. The minimum absolute atomic E-state index is 0.0444. The highest BCUT2D eigenvalue weighted by Crippen LogP contribution is 2.32. The van der Waals surface area contributed by atoms with Crippen molar-refractivity contribution in [1.82, 2.24) is 0 Å². The average molecular weight is 306 g/mol. The molecule has 1 unspecified atom stereocenters. The second-order valence-corrected chi connectivity index (χ2v) is 4.43. The predicted octanol–water partition coefficient (Wildman–Crippen LogP) is 2.03. The van der Waals surface area contributed by atoms with Gasteiger partial charge in [0.15, 0.2) is 6.10 Å². The van der Waals surface area contributed by atoms with E-state index >= 15 is 0 Å². The Morgan fingerprint density at radius 2 is 2.14 bits per heavy atom. The van der Waals surface area contributed by atoms with E-state index in [-0.39, 0.29) is 19.6 Å². The molecule has 0 amide bonds. The average Bonchev–Trinajstić information content (AvgIpc) is 2.80. The number of carbonyl (C=O) groups is 1. The number of carboxylic acids is 1. The first-order valence-corrected chi connectivity index (χ1v) is 6.15. The summed E-state index contributed by atoms with van der Waals surface area (Å²) < 4.78 is 50.3. The van der Waals surface area contributed by atoms with E-state index in [0.717, 1.165) is 5.56 Å². The molecule has 0 aromatic heterocycles. The second kappa shape index (κ2) is 6.21. The highest BCUT2D eigenvalue weighted by Gasteiger charge is 2.29. The van der Waals surface area contributed by atoms with Crippen LogP contribution in [0.1, 0.15) is 5.56 Å². The first kappa shape index (κ1) is 15.4. The Balaban J connectivity index is 1.79. The zero-order chi connectivity index (χ0) is 15.5. The van der Waals surface area contributed by atoms with Gasteiger partial charge in [0.25, 0.3) is 0 Å². The smallest absolute Gasteiger partial charge is 0.411 e. The van der Waals surface area contributed by atoms with Crippen molar-refractivity contribution in [1.29, 1.82) is 0 Å². The van der Waals surface area contributed by atoms with E-state index < -0.39 is 24.9 Å². The Bertz CT molecular complexity index is 515. The van der Waals surface area contributed by atoms with Crippen molar-refractivity contribution in [2.24, 2.45) is 0 Å². The largest absolute Gasteiger partial charge is 0.491 e. The molecular weight excluding hydrogens is 293 g/mol. The van der Waals surface area contributed by atoms with Crippen molar-refractivity contribution in [3.05, 3.63) is 23.8 Å². The summed E-state index contributed by atoms with van der Waals surface area (Å²) in [6, 6.07) is 4.79. The number of alkyl halides is 3. The molecule has 0 aliphatic carbocycles. The van der Waals surface area contributed by atoms with Crippen molar-refractivity contribution in [3.63, 3.8) is 0 Å². The van der Waals surface area contributed by atoms with Crippen LogP contribution in [0.5, 0.6) is 11.5 Å². The van der Waals surface area contributed by atoms with Crippen LogP contribution >= 0.6 is 0 Å². The fourth-order valence-corrected chi connectivity index (χ4v) is 1.84. The summed E-state index contributed by atoms with van der Waals surface area (Å²) >= 11 is 0. The van der Waals surface area contributed by atoms with Crippen molar-refractivity contribution in [3.8, 4) is 11.5 Å². The first-order chi connectivity index (χ1) is 9.85. The number of hydrogen-bond donors (Lipinski definition) is 1. The summed E-state index contributed by atoms with van der Waals surface area (Å²) in [5.41, 5.74) is 0.753. The maximum atomic E-state index is 11.8. The summed E-state index contributed by atoms with van der Waals surface area (Å²) in [4.78, 5) is 10.8. The number of benzene rings is 1. The molecule has 1 heterocycles. The van der Waals surface area contributed by atoms with Gasteiger partial charge in [-0.05, 0) is 11.6 Å². The molecule has 0 saturated carbocycles. The SMILES string of the molecule is O=C(O)C1Cc2ccc(OCCOCC(F)(F)F)cc2O1. The van der Waals surface area contributed by atoms with Crippen LogP contribution in [0.3, 0.4) is 0 Å². The van der Waals surface area contributed by atoms with Gasteiger partial charge in [0.1, 0.15) is 24.7 Å². The van der Waals surface area contributed by atoms with E-state index in [1.54, 1.807) is 12.1 Å². The van der Waals surface area contributed by atoms with Gasteiger partial charge in [-0.1, -0.05) is 6.07 Å². The molecule has 1 N–H and O–H groups in total. The number of halogens is 3. The van der Waals surface area contributed by atoms with Crippen LogP contribution in [0.15, 0.2) is 18.2 Å². The fourth-order valence-electron chi connectivity index (χ4n) is 1.84. The van der Waals surface area contributed by atoms with Gasteiger partial charge in [-0.25, -0.2) is 4.79 Å². The number of rotatable bonds is 6. The van der Waals surface area contributed by atoms with Gasteiger partial charge >= 0.3 is 12.1 Å². The third-order valence-corrected chi connectivity index (χ3v) is 2.75. The minimum Gasteiger partial charge on any atom is -0.491 e. The van der Waals surface area contributed by atoms with Gasteiger partial charge in [0, 0.05) is 12.5 Å². The molecule has 1 aliphatic rings.